The molecule has 9 aromatic rings. The Balaban J connectivity index is 1.00. The van der Waals surface area contributed by atoms with Crippen molar-refractivity contribution in [2.45, 2.75) is 257 Å². The summed E-state index contributed by atoms with van der Waals surface area (Å²) in [6.07, 6.45) is 7.15. The monoisotopic (exact) mass is 1850 g/mol. The molecule has 0 saturated heterocycles. The van der Waals surface area contributed by atoms with Crippen LogP contribution in [0.4, 0.5) is 0 Å². The summed E-state index contributed by atoms with van der Waals surface area (Å²) in [4.78, 5) is 40.7. The van der Waals surface area contributed by atoms with Gasteiger partial charge in [-0.05, 0) is 70.3 Å². The molecule has 0 aromatic heterocycles. The molecule has 24 nitrogen and oxygen atoms in total. The molecule has 1 aliphatic carbocycles. The minimum Gasteiger partial charge on any atom is -0.462 e. The molecule has 0 radical (unpaired) electrons. The fourth-order valence-electron chi connectivity index (χ4n) is 14.4. The van der Waals surface area contributed by atoms with Crippen LogP contribution in [0.25, 0.3) is 0 Å². The number of unbranched alkanes of at least 4 members (excludes halogenated alkanes) is 20. The molecule has 28 heteroatoms. The zero-order valence-electron chi connectivity index (χ0n) is 74.2. The number of nitrogens with one attached hydrogen (secondary N) is 1. The second-order valence-corrected chi connectivity index (χ2v) is 38.6. The lowest BCUT2D eigenvalue weighted by Crippen LogP contribution is -2.66. The number of carbonyl (C=O) groups excluding carboxylic acids is 3. The van der Waals surface area contributed by atoms with Crippen LogP contribution in [0.5, 0.6) is 0 Å². The summed E-state index contributed by atoms with van der Waals surface area (Å²) >= 11 is 0. The van der Waals surface area contributed by atoms with Gasteiger partial charge >= 0.3 is 43.2 Å². The van der Waals surface area contributed by atoms with Crippen molar-refractivity contribution >= 4 is 49.0 Å². The fourth-order valence-corrected chi connectivity index (χ4v) is 19.9. The number of hydrogen-bond acceptors (Lipinski definition) is 24. The first-order valence-electron chi connectivity index (χ1n) is 45.6. The van der Waals surface area contributed by atoms with Crippen LogP contribution in [-0.4, -0.2) is 91.9 Å². The largest absolute Gasteiger partial charge is 0.475 e. The number of aliphatic hydroxyl groups is 1. The molecule has 1 fully saturated rings. The van der Waals surface area contributed by atoms with E-state index in [2.05, 4.69) is 12.2 Å². The summed E-state index contributed by atoms with van der Waals surface area (Å²) < 4.78 is 164. The molecule has 8 atom stereocenters. The quantitative estimate of drug-likeness (QED) is 0.0155. The number of esters is 2. The van der Waals surface area contributed by atoms with Crippen molar-refractivity contribution in [2.24, 2.45) is 0 Å². The first kappa shape index (κ1) is 103. The number of phosphoric acid groups is 4. The van der Waals surface area contributed by atoms with Gasteiger partial charge in [-0.3, -0.25) is 68.7 Å². The number of Topliss-reactive ketones (excluding diaryl/α,β-unsaturated/α-hetero) is 1. The van der Waals surface area contributed by atoms with E-state index in [1.165, 1.54) is 44.9 Å². The molecular weight excluding hydrogens is 1720 g/mol. The van der Waals surface area contributed by atoms with E-state index >= 15 is 18.3 Å². The summed E-state index contributed by atoms with van der Waals surface area (Å²) in [6.45, 7) is -1.66. The van der Waals surface area contributed by atoms with Crippen LogP contribution in [0.3, 0.4) is 0 Å². The van der Waals surface area contributed by atoms with Gasteiger partial charge in [0, 0.05) is 18.4 Å². The Morgan fingerprint density at radius 3 is 0.899 bits per heavy atom. The highest BCUT2D eigenvalue weighted by atomic mass is 31.2. The van der Waals surface area contributed by atoms with Crippen LogP contribution >= 0.6 is 31.3 Å². The topological polar surface area (TPSA) is 290 Å². The summed E-state index contributed by atoms with van der Waals surface area (Å²) in [5.74, 6) is -1.17. The Hall–Kier alpha value is -8.09. The maximum Gasteiger partial charge on any atom is 0.475 e. The van der Waals surface area contributed by atoms with Crippen LogP contribution in [0.1, 0.15) is 216 Å². The highest BCUT2D eigenvalue weighted by molar-refractivity contribution is 7.49. The van der Waals surface area contributed by atoms with Crippen molar-refractivity contribution in [1.29, 1.82) is 0 Å². The van der Waals surface area contributed by atoms with Crippen LogP contribution in [0.2, 0.25) is 0 Å². The third-order valence-electron chi connectivity index (χ3n) is 21.6. The van der Waals surface area contributed by atoms with E-state index in [9.17, 15) is 19.5 Å². The van der Waals surface area contributed by atoms with Gasteiger partial charge in [0.15, 0.2) is 11.9 Å². The predicted molar refractivity (Wildman–Crippen MR) is 496 cm³/mol. The Morgan fingerprint density at radius 1 is 0.302 bits per heavy atom. The van der Waals surface area contributed by atoms with E-state index in [4.69, 9.17) is 68.5 Å². The number of hydrogen-bond donors (Lipinski definition) is 2. The van der Waals surface area contributed by atoms with Crippen molar-refractivity contribution in [3.8, 4) is 0 Å². The van der Waals surface area contributed by atoms with Crippen molar-refractivity contribution in [2.75, 3.05) is 26.3 Å². The molecule has 129 heavy (non-hydrogen) atoms. The van der Waals surface area contributed by atoms with Gasteiger partial charge < -0.3 is 24.6 Å². The minimum absolute atomic E-state index is 0.0142. The van der Waals surface area contributed by atoms with E-state index in [0.29, 0.717) is 69.5 Å². The average Bonchev–Trinajstić information content (AvgIpc) is 0.743. The molecule has 9 aromatic carbocycles. The number of phosphoric ester groups is 4. The minimum atomic E-state index is -5.50. The zero-order valence-corrected chi connectivity index (χ0v) is 77.8. The fraction of sp³-hybridized carbons (Fsp3) is 0.436. The normalized spacial score (nSPS) is 16.7. The van der Waals surface area contributed by atoms with E-state index in [-0.39, 0.29) is 18.6 Å². The van der Waals surface area contributed by atoms with Crippen LogP contribution < -0.4 is 5.32 Å². The van der Waals surface area contributed by atoms with Crippen LogP contribution in [-0.2, 0) is 149 Å². The highest BCUT2D eigenvalue weighted by Gasteiger charge is 2.62. The second-order valence-electron chi connectivity index (χ2n) is 32.1. The number of carbonyl (C=O) groups is 3. The molecule has 0 amide bonds. The molecule has 1 aliphatic rings. The lowest BCUT2D eigenvalue weighted by Gasteiger charge is -2.48. The van der Waals surface area contributed by atoms with E-state index in [1.54, 1.807) is 243 Å². The summed E-state index contributed by atoms with van der Waals surface area (Å²) in [6, 6.07) is 78.7. The predicted octanol–water partition coefficient (Wildman–Crippen LogP) is 24.8. The third kappa shape index (κ3) is 39.7. The highest BCUT2D eigenvalue weighted by Crippen LogP contribution is 2.63. The van der Waals surface area contributed by atoms with Crippen LogP contribution in [0, 0.1) is 0 Å². The maximum absolute atomic E-state index is 16.8. The number of ether oxygens (including phenoxy) is 3. The standard InChI is InChI=1S/C101H129NO23P4/c1-2-3-4-5-6-7-8-9-10-12-16-19-49-70-95(105)121-92(81-111-94(104)69-48-18-15-13-11-14-17-20-50-71-102-72-93(103)91-67-46-29-47-68-91)82-120-129(110,119-80-90-65-44-28-45-66-90)122-97-96(106)98(123-126(107,113-74-84-53-32-22-33-54-84)114-75-85-55-34-23-35-56-85)100(124-127(108,115-76-86-57-36-24-37-58-86)116-77-87-59-38-25-39-60-87)101(99(97)112-73-83-51-30-21-31-52-83)125-128(109,117-78-88-61-40-26-41-62-88)118-79-89-63-42-27-43-64-89/h21-47,51-68,92,96-102,106H,2-20,48-50,69-82H2,1H3/t92-,96?,97?,98?,99?,100?,101?,129?/m1/s1. The molecule has 0 heterocycles. The van der Waals surface area contributed by atoms with Gasteiger partial charge in [0.1, 0.15) is 43.2 Å². The average molecular weight is 1850 g/mol. The Kier molecular flexibility index (Phi) is 46.9. The van der Waals surface area contributed by atoms with Gasteiger partial charge in [0.25, 0.3) is 0 Å². The molecular formula is C101H129NO23P4. The van der Waals surface area contributed by atoms with Gasteiger partial charge in [-0.1, -0.05) is 402 Å². The molecule has 696 valence electrons. The van der Waals surface area contributed by atoms with E-state index in [0.717, 1.165) is 90.0 Å². The number of aliphatic hydroxyl groups excluding tert-OH is 1. The van der Waals surface area contributed by atoms with Crippen LogP contribution in [0.15, 0.2) is 273 Å². The zero-order chi connectivity index (χ0) is 90.6. The van der Waals surface area contributed by atoms with Gasteiger partial charge in [0.2, 0.25) is 0 Å². The molecule has 0 aliphatic heterocycles. The molecule has 0 bridgehead atoms. The second kappa shape index (κ2) is 58.7. The lowest BCUT2D eigenvalue weighted by molar-refractivity contribution is -0.228. The molecule has 7 unspecified atom stereocenters. The van der Waals surface area contributed by atoms with Crippen molar-refractivity contribution < 1.29 is 106 Å². The summed E-state index contributed by atoms with van der Waals surface area (Å²) in [7, 11) is -21.4. The van der Waals surface area contributed by atoms with E-state index < -0.39 is 152 Å². The SMILES string of the molecule is CCCCCCCCCCCCCCCC(=O)O[C@H](COC(=O)CCCCCCCCCCCNCC(=O)c1ccccc1)COP(=O)(OCc1ccccc1)OC1C(O)C(OP(=O)(OCc2ccccc2)OCc2ccccc2)C(OP(=O)(OCc2ccccc2)OCc2ccccc2)C(OP(=O)(OCc2ccccc2)OCc2ccccc2)C1OCc1ccccc1. The van der Waals surface area contributed by atoms with Crippen molar-refractivity contribution in [3.05, 3.63) is 323 Å². The van der Waals surface area contributed by atoms with Gasteiger partial charge in [-0.2, -0.15) is 0 Å². The Bertz CT molecular complexity index is 4620. The van der Waals surface area contributed by atoms with E-state index in [1.807, 2.05) is 30.3 Å². The number of ketones is 1. The van der Waals surface area contributed by atoms with Gasteiger partial charge in [0.05, 0.1) is 66.0 Å². The molecule has 1 saturated carbocycles. The smallest absolute Gasteiger partial charge is 0.462 e. The molecule has 2 N–H and O–H groups in total. The third-order valence-corrected chi connectivity index (χ3v) is 27.2. The Morgan fingerprint density at radius 2 is 0.566 bits per heavy atom. The summed E-state index contributed by atoms with van der Waals surface area (Å²) in [5, 5.41) is 17.4. The molecule has 0 spiro atoms. The number of rotatable bonds is 67. The maximum atomic E-state index is 16.8. The number of benzene rings is 9. The first-order valence-corrected chi connectivity index (χ1v) is 51.4. The molecule has 10 rings (SSSR count). The summed E-state index contributed by atoms with van der Waals surface area (Å²) in [5.41, 5.74) is 4.64. The van der Waals surface area contributed by atoms with Crippen molar-refractivity contribution in [3.63, 3.8) is 0 Å². The Labute approximate surface area is 762 Å². The first-order chi connectivity index (χ1) is 63.0. The van der Waals surface area contributed by atoms with Gasteiger partial charge in [-0.15, -0.1) is 0 Å². The van der Waals surface area contributed by atoms with Gasteiger partial charge in [-0.25, -0.2) is 18.3 Å². The van der Waals surface area contributed by atoms with Crippen molar-refractivity contribution in [1.82, 2.24) is 5.32 Å². The lowest BCUT2D eigenvalue weighted by atomic mass is 9.85.